The molecule has 1 aromatic rings. The lowest BCUT2D eigenvalue weighted by molar-refractivity contribution is -0.141. The van der Waals surface area contributed by atoms with Crippen molar-refractivity contribution < 1.29 is 19.4 Å². The first kappa shape index (κ1) is 12.9. The number of carboxylic acids is 1. The average molecular weight is 239 g/mol. The third-order valence-electron chi connectivity index (χ3n) is 2.00. The monoisotopic (exact) mass is 239 g/mol. The van der Waals surface area contributed by atoms with Crippen LogP contribution in [0.2, 0.25) is 0 Å². The number of carboxylic acid groups (broad SMARTS) is 1. The molecule has 0 saturated carbocycles. The van der Waals surface area contributed by atoms with Gasteiger partial charge in [0.2, 0.25) is 0 Å². The van der Waals surface area contributed by atoms with E-state index in [0.717, 1.165) is 0 Å². The molecule has 0 radical (unpaired) electrons. The Morgan fingerprint density at radius 1 is 1.41 bits per heavy atom. The van der Waals surface area contributed by atoms with Gasteiger partial charge in [-0.2, -0.15) is 0 Å². The highest BCUT2D eigenvalue weighted by Crippen LogP contribution is 2.12. The van der Waals surface area contributed by atoms with E-state index in [2.05, 4.69) is 20.0 Å². The third kappa shape index (κ3) is 3.13. The van der Waals surface area contributed by atoms with Gasteiger partial charge < -0.3 is 15.2 Å². The summed E-state index contributed by atoms with van der Waals surface area (Å²) in [6, 6.07) is 0. The minimum atomic E-state index is -1.20. The molecule has 1 rings (SSSR count). The van der Waals surface area contributed by atoms with E-state index in [9.17, 15) is 9.59 Å². The highest BCUT2D eigenvalue weighted by molar-refractivity contribution is 5.87. The summed E-state index contributed by atoms with van der Waals surface area (Å²) in [5.41, 5.74) is -1.19. The first-order valence-electron chi connectivity index (χ1n) is 4.79. The van der Waals surface area contributed by atoms with Crippen LogP contribution in [0.4, 0.5) is 5.82 Å². The molecule has 0 saturated heterocycles. The van der Waals surface area contributed by atoms with Gasteiger partial charge in [0.15, 0.2) is 5.69 Å². The van der Waals surface area contributed by atoms with Gasteiger partial charge in [-0.15, -0.1) is 0 Å². The molecule has 0 spiro atoms. The van der Waals surface area contributed by atoms with Crippen LogP contribution in [0.25, 0.3) is 0 Å². The highest BCUT2D eigenvalue weighted by atomic mass is 16.5. The van der Waals surface area contributed by atoms with Crippen LogP contribution in [-0.2, 0) is 9.53 Å². The molecule has 7 heteroatoms. The Morgan fingerprint density at radius 2 is 2.06 bits per heavy atom. The molecule has 0 aliphatic rings. The lowest BCUT2D eigenvalue weighted by atomic mass is 10.1. The van der Waals surface area contributed by atoms with E-state index in [1.54, 1.807) is 0 Å². The summed E-state index contributed by atoms with van der Waals surface area (Å²) in [4.78, 5) is 29.8. The van der Waals surface area contributed by atoms with Crippen LogP contribution in [0, 0.1) is 0 Å². The number of aliphatic carboxylic acids is 1. The van der Waals surface area contributed by atoms with Crippen molar-refractivity contribution in [2.24, 2.45) is 0 Å². The van der Waals surface area contributed by atoms with Crippen LogP contribution in [0.3, 0.4) is 0 Å². The minimum Gasteiger partial charge on any atom is -0.480 e. The number of aromatic nitrogens is 2. The predicted octanol–water partition coefficient (Wildman–Crippen LogP) is 0.538. The molecular formula is C10H13N3O4. The number of hydrogen-bond acceptors (Lipinski definition) is 6. The number of nitrogens with zero attached hydrogens (tertiary/aromatic N) is 2. The number of ether oxygens (including phenoxy) is 1. The van der Waals surface area contributed by atoms with Gasteiger partial charge >= 0.3 is 11.9 Å². The lowest BCUT2D eigenvalue weighted by Gasteiger charge is -2.21. The first-order valence-corrected chi connectivity index (χ1v) is 4.79. The Morgan fingerprint density at radius 3 is 2.59 bits per heavy atom. The minimum absolute atomic E-state index is 0.0127. The zero-order valence-electron chi connectivity index (χ0n) is 9.72. The van der Waals surface area contributed by atoms with E-state index in [1.165, 1.54) is 33.4 Å². The molecule has 2 N–H and O–H groups in total. The molecule has 0 aromatic carbocycles. The van der Waals surface area contributed by atoms with Crippen LogP contribution in [0.1, 0.15) is 24.3 Å². The second-order valence-electron chi connectivity index (χ2n) is 3.84. The number of carbonyl (C=O) groups is 2. The number of esters is 1. The third-order valence-corrected chi connectivity index (χ3v) is 2.00. The van der Waals surface area contributed by atoms with Crippen molar-refractivity contribution in [2.75, 3.05) is 12.4 Å². The second kappa shape index (κ2) is 4.77. The maximum Gasteiger partial charge on any atom is 0.358 e. The molecule has 0 bridgehead atoms. The van der Waals surface area contributed by atoms with Gasteiger partial charge in [0, 0.05) is 0 Å². The summed E-state index contributed by atoms with van der Waals surface area (Å²) in [6.07, 6.45) is 2.57. The van der Waals surface area contributed by atoms with Gasteiger partial charge in [-0.3, -0.25) is 4.98 Å². The first-order chi connectivity index (χ1) is 7.86. The predicted molar refractivity (Wildman–Crippen MR) is 58.7 cm³/mol. The van der Waals surface area contributed by atoms with Crippen molar-refractivity contribution in [1.29, 1.82) is 0 Å². The Bertz CT molecular complexity index is 445. The summed E-state index contributed by atoms with van der Waals surface area (Å²) in [7, 11) is 1.23. The Balaban J connectivity index is 2.93. The fourth-order valence-electron chi connectivity index (χ4n) is 1.00. The maximum absolute atomic E-state index is 11.2. The van der Waals surface area contributed by atoms with Gasteiger partial charge in [-0.05, 0) is 13.8 Å². The van der Waals surface area contributed by atoms with E-state index in [0.29, 0.717) is 0 Å². The molecule has 0 fully saturated rings. The van der Waals surface area contributed by atoms with Crippen molar-refractivity contribution in [3.63, 3.8) is 0 Å². The van der Waals surface area contributed by atoms with Crippen LogP contribution < -0.4 is 5.32 Å². The molecular weight excluding hydrogens is 226 g/mol. The summed E-state index contributed by atoms with van der Waals surface area (Å²) in [6.45, 7) is 2.95. The van der Waals surface area contributed by atoms with Crippen molar-refractivity contribution in [3.05, 3.63) is 18.1 Å². The fourth-order valence-corrected chi connectivity index (χ4v) is 1.00. The highest BCUT2D eigenvalue weighted by Gasteiger charge is 2.27. The molecule has 0 amide bonds. The second-order valence-corrected chi connectivity index (χ2v) is 3.84. The van der Waals surface area contributed by atoms with E-state index >= 15 is 0 Å². The van der Waals surface area contributed by atoms with Crippen LogP contribution in [0.15, 0.2) is 12.4 Å². The Labute approximate surface area is 97.8 Å². The zero-order chi connectivity index (χ0) is 13.1. The lowest BCUT2D eigenvalue weighted by Crippen LogP contribution is -2.40. The van der Waals surface area contributed by atoms with Crippen molar-refractivity contribution in [2.45, 2.75) is 19.4 Å². The van der Waals surface area contributed by atoms with Crippen LogP contribution >= 0.6 is 0 Å². The number of methoxy groups -OCH3 is 1. The van der Waals surface area contributed by atoms with E-state index in [-0.39, 0.29) is 11.5 Å². The van der Waals surface area contributed by atoms with Gasteiger partial charge in [0.25, 0.3) is 0 Å². The average Bonchev–Trinajstić information content (AvgIpc) is 2.27. The molecule has 7 nitrogen and oxygen atoms in total. The van der Waals surface area contributed by atoms with E-state index in [1.807, 2.05) is 0 Å². The molecule has 0 unspecified atom stereocenters. The molecule has 0 aliphatic carbocycles. The fraction of sp³-hybridized carbons (Fsp3) is 0.400. The van der Waals surface area contributed by atoms with Gasteiger partial charge in [-0.25, -0.2) is 14.6 Å². The molecule has 0 atom stereocenters. The van der Waals surface area contributed by atoms with Gasteiger partial charge in [0.05, 0.1) is 19.5 Å². The quantitative estimate of drug-likeness (QED) is 0.739. The summed E-state index contributed by atoms with van der Waals surface area (Å²) in [5.74, 6) is -1.47. The number of nitrogens with one attached hydrogen (secondary N) is 1. The Hall–Kier alpha value is -2.18. The summed E-state index contributed by atoms with van der Waals surface area (Å²) >= 11 is 0. The number of anilines is 1. The topological polar surface area (TPSA) is 101 Å². The molecule has 92 valence electrons. The van der Waals surface area contributed by atoms with E-state index < -0.39 is 17.5 Å². The van der Waals surface area contributed by atoms with Crippen molar-refractivity contribution in [3.8, 4) is 0 Å². The Kier molecular flexibility index (Phi) is 3.62. The van der Waals surface area contributed by atoms with Crippen molar-refractivity contribution >= 4 is 17.8 Å². The number of carbonyl (C=O) groups excluding carboxylic acids is 1. The smallest absolute Gasteiger partial charge is 0.358 e. The SMILES string of the molecule is COC(=O)c1cncc(NC(C)(C)C(=O)O)n1. The largest absolute Gasteiger partial charge is 0.480 e. The maximum atomic E-state index is 11.2. The van der Waals surface area contributed by atoms with Crippen LogP contribution in [-0.4, -0.2) is 39.7 Å². The zero-order valence-corrected chi connectivity index (χ0v) is 9.72. The molecule has 1 aromatic heterocycles. The van der Waals surface area contributed by atoms with Gasteiger partial charge in [-0.1, -0.05) is 0 Å². The van der Waals surface area contributed by atoms with Gasteiger partial charge in [0.1, 0.15) is 11.4 Å². The summed E-state index contributed by atoms with van der Waals surface area (Å²) in [5, 5.41) is 11.6. The standard InChI is InChI=1S/C10H13N3O4/c1-10(2,9(15)16)13-7-5-11-4-6(12-7)8(14)17-3/h4-5H,1-3H3,(H,12,13)(H,15,16). The number of rotatable bonds is 4. The van der Waals surface area contributed by atoms with Crippen LogP contribution in [0.5, 0.6) is 0 Å². The van der Waals surface area contributed by atoms with Crippen molar-refractivity contribution in [1.82, 2.24) is 9.97 Å². The summed E-state index contributed by atoms with van der Waals surface area (Å²) < 4.78 is 4.48. The molecule has 1 heterocycles. The van der Waals surface area contributed by atoms with E-state index in [4.69, 9.17) is 5.11 Å². The molecule has 17 heavy (non-hydrogen) atoms. The normalized spacial score (nSPS) is 10.8. The molecule has 0 aliphatic heterocycles. The number of hydrogen-bond donors (Lipinski definition) is 2.